The van der Waals surface area contributed by atoms with Crippen LogP contribution in [0.3, 0.4) is 0 Å². The van der Waals surface area contributed by atoms with Crippen LogP contribution in [0.15, 0.2) is 4.52 Å². The standard InChI is InChI=1S/C12H23N3OS/c1-4-17-9-10-14-11(16-15-10)5-6-12(2,3)7-8-13/h4-9,13H2,1-3H3. The predicted molar refractivity (Wildman–Crippen MR) is 71.9 cm³/mol. The molecule has 1 heterocycles. The van der Waals surface area contributed by atoms with Crippen molar-refractivity contribution in [3.63, 3.8) is 0 Å². The van der Waals surface area contributed by atoms with Crippen molar-refractivity contribution >= 4 is 11.8 Å². The van der Waals surface area contributed by atoms with E-state index in [0.717, 1.165) is 49.0 Å². The highest BCUT2D eigenvalue weighted by Crippen LogP contribution is 2.25. The first-order chi connectivity index (χ1) is 8.07. The molecule has 1 aromatic rings. The molecule has 0 atom stereocenters. The monoisotopic (exact) mass is 257 g/mol. The van der Waals surface area contributed by atoms with Crippen LogP contribution in [0.2, 0.25) is 0 Å². The molecule has 0 aromatic carbocycles. The Morgan fingerprint density at radius 3 is 2.76 bits per heavy atom. The smallest absolute Gasteiger partial charge is 0.226 e. The Morgan fingerprint density at radius 2 is 2.12 bits per heavy atom. The molecule has 0 amide bonds. The second-order valence-electron chi connectivity index (χ2n) is 4.94. The minimum Gasteiger partial charge on any atom is -0.339 e. The first-order valence-corrected chi connectivity index (χ1v) is 7.32. The van der Waals surface area contributed by atoms with E-state index < -0.39 is 0 Å². The fraction of sp³-hybridized carbons (Fsp3) is 0.833. The normalized spacial score (nSPS) is 12.0. The Balaban J connectivity index is 2.38. The fourth-order valence-electron chi connectivity index (χ4n) is 1.60. The Bertz CT molecular complexity index is 325. The van der Waals surface area contributed by atoms with Crippen LogP contribution in [-0.4, -0.2) is 22.4 Å². The molecule has 0 radical (unpaired) electrons. The second kappa shape index (κ2) is 7.01. The van der Waals surface area contributed by atoms with Crippen molar-refractivity contribution in [2.24, 2.45) is 11.1 Å². The summed E-state index contributed by atoms with van der Waals surface area (Å²) in [6.07, 6.45) is 2.91. The number of aromatic nitrogens is 2. The van der Waals surface area contributed by atoms with Crippen LogP contribution in [0.25, 0.3) is 0 Å². The summed E-state index contributed by atoms with van der Waals surface area (Å²) in [7, 11) is 0. The fourth-order valence-corrected chi connectivity index (χ4v) is 2.11. The van der Waals surface area contributed by atoms with Crippen LogP contribution < -0.4 is 5.73 Å². The average molecular weight is 257 g/mol. The Labute approximate surface area is 108 Å². The highest BCUT2D eigenvalue weighted by Gasteiger charge is 2.18. The predicted octanol–water partition coefficient (Wildman–Crippen LogP) is 2.63. The van der Waals surface area contributed by atoms with E-state index in [4.69, 9.17) is 10.3 Å². The number of thioether (sulfide) groups is 1. The largest absolute Gasteiger partial charge is 0.339 e. The lowest BCUT2D eigenvalue weighted by Gasteiger charge is -2.22. The van der Waals surface area contributed by atoms with Crippen molar-refractivity contribution in [2.45, 2.75) is 45.8 Å². The molecule has 0 bridgehead atoms. The summed E-state index contributed by atoms with van der Waals surface area (Å²) >= 11 is 1.80. The molecule has 0 unspecified atom stereocenters. The lowest BCUT2D eigenvalue weighted by atomic mass is 9.84. The molecule has 0 aliphatic rings. The van der Waals surface area contributed by atoms with Gasteiger partial charge < -0.3 is 10.3 Å². The van der Waals surface area contributed by atoms with Gasteiger partial charge in [0.15, 0.2) is 5.82 Å². The number of hydrogen-bond donors (Lipinski definition) is 1. The van der Waals surface area contributed by atoms with Gasteiger partial charge in [-0.05, 0) is 30.6 Å². The number of nitrogens with zero attached hydrogens (tertiary/aromatic N) is 2. The zero-order chi connectivity index (χ0) is 12.7. The summed E-state index contributed by atoms with van der Waals surface area (Å²) in [5.74, 6) is 3.48. The lowest BCUT2D eigenvalue weighted by Crippen LogP contribution is -2.17. The molecule has 0 aliphatic carbocycles. The van der Waals surface area contributed by atoms with Crippen molar-refractivity contribution in [3.05, 3.63) is 11.7 Å². The Morgan fingerprint density at radius 1 is 1.35 bits per heavy atom. The summed E-state index contributed by atoms with van der Waals surface area (Å²) in [6.45, 7) is 7.31. The molecule has 4 nitrogen and oxygen atoms in total. The van der Waals surface area contributed by atoms with Gasteiger partial charge in [0.05, 0.1) is 5.75 Å². The average Bonchev–Trinajstić information content (AvgIpc) is 2.72. The molecule has 0 aliphatic heterocycles. The van der Waals surface area contributed by atoms with E-state index in [2.05, 4.69) is 30.9 Å². The first-order valence-electron chi connectivity index (χ1n) is 6.16. The third-order valence-electron chi connectivity index (χ3n) is 2.78. The van der Waals surface area contributed by atoms with E-state index in [1.807, 2.05) is 0 Å². The topological polar surface area (TPSA) is 64.9 Å². The summed E-state index contributed by atoms with van der Waals surface area (Å²) in [5.41, 5.74) is 5.84. The van der Waals surface area contributed by atoms with Crippen molar-refractivity contribution in [1.29, 1.82) is 0 Å². The molecule has 0 spiro atoms. The van der Waals surface area contributed by atoms with Crippen LogP contribution >= 0.6 is 11.8 Å². The highest BCUT2D eigenvalue weighted by atomic mass is 32.2. The minimum absolute atomic E-state index is 0.252. The zero-order valence-corrected chi connectivity index (χ0v) is 11.8. The SMILES string of the molecule is CCSCc1noc(CCC(C)(C)CCN)n1. The quantitative estimate of drug-likeness (QED) is 0.775. The lowest BCUT2D eigenvalue weighted by molar-refractivity contribution is 0.289. The summed E-state index contributed by atoms with van der Waals surface area (Å²) in [4.78, 5) is 4.38. The maximum absolute atomic E-state index is 5.59. The minimum atomic E-state index is 0.252. The first kappa shape index (κ1) is 14.5. The van der Waals surface area contributed by atoms with Gasteiger partial charge in [-0.25, -0.2) is 0 Å². The molecule has 98 valence electrons. The van der Waals surface area contributed by atoms with Gasteiger partial charge in [0.25, 0.3) is 0 Å². The van der Waals surface area contributed by atoms with Gasteiger partial charge in [0.1, 0.15) is 0 Å². The second-order valence-corrected chi connectivity index (χ2v) is 6.22. The number of hydrogen-bond acceptors (Lipinski definition) is 5. The van der Waals surface area contributed by atoms with E-state index in [9.17, 15) is 0 Å². The molecule has 17 heavy (non-hydrogen) atoms. The number of nitrogens with two attached hydrogens (primary N) is 1. The third-order valence-corrected chi connectivity index (χ3v) is 3.65. The Kier molecular flexibility index (Phi) is 5.98. The van der Waals surface area contributed by atoms with E-state index in [1.165, 1.54) is 0 Å². The van der Waals surface area contributed by atoms with Crippen LogP contribution in [0.4, 0.5) is 0 Å². The van der Waals surface area contributed by atoms with Gasteiger partial charge in [-0.15, -0.1) is 0 Å². The molecule has 0 saturated carbocycles. The van der Waals surface area contributed by atoms with E-state index in [-0.39, 0.29) is 5.41 Å². The maximum atomic E-state index is 5.59. The van der Waals surface area contributed by atoms with E-state index in [1.54, 1.807) is 11.8 Å². The molecule has 2 N–H and O–H groups in total. The molecule has 1 aromatic heterocycles. The summed E-state index contributed by atoms with van der Waals surface area (Å²) < 4.78 is 5.23. The van der Waals surface area contributed by atoms with Gasteiger partial charge in [-0.2, -0.15) is 16.7 Å². The molecule has 0 fully saturated rings. The van der Waals surface area contributed by atoms with Gasteiger partial charge >= 0.3 is 0 Å². The molecular weight excluding hydrogens is 234 g/mol. The number of aryl methyl sites for hydroxylation is 1. The molecular formula is C12H23N3OS. The summed E-state index contributed by atoms with van der Waals surface area (Å²) in [5, 5.41) is 3.97. The van der Waals surface area contributed by atoms with E-state index >= 15 is 0 Å². The van der Waals surface area contributed by atoms with Crippen LogP contribution in [0, 0.1) is 5.41 Å². The Hall–Kier alpha value is -0.550. The molecule has 0 saturated heterocycles. The zero-order valence-electron chi connectivity index (χ0n) is 11.0. The van der Waals surface area contributed by atoms with Crippen molar-refractivity contribution in [3.8, 4) is 0 Å². The van der Waals surface area contributed by atoms with Crippen LogP contribution in [-0.2, 0) is 12.2 Å². The van der Waals surface area contributed by atoms with Crippen LogP contribution in [0.1, 0.15) is 45.3 Å². The molecule has 5 heteroatoms. The summed E-state index contributed by atoms with van der Waals surface area (Å²) in [6, 6.07) is 0. The van der Waals surface area contributed by atoms with Crippen molar-refractivity contribution in [2.75, 3.05) is 12.3 Å². The van der Waals surface area contributed by atoms with Gasteiger partial charge in [-0.3, -0.25) is 0 Å². The highest BCUT2D eigenvalue weighted by molar-refractivity contribution is 7.98. The maximum Gasteiger partial charge on any atom is 0.226 e. The third kappa shape index (κ3) is 5.55. The number of rotatable bonds is 8. The van der Waals surface area contributed by atoms with Crippen molar-refractivity contribution < 1.29 is 4.52 Å². The van der Waals surface area contributed by atoms with Crippen molar-refractivity contribution in [1.82, 2.24) is 10.1 Å². The molecule has 1 rings (SSSR count). The van der Waals surface area contributed by atoms with Gasteiger partial charge in [0.2, 0.25) is 5.89 Å². The van der Waals surface area contributed by atoms with Crippen LogP contribution in [0.5, 0.6) is 0 Å². The van der Waals surface area contributed by atoms with E-state index in [0.29, 0.717) is 0 Å². The van der Waals surface area contributed by atoms with Gasteiger partial charge in [-0.1, -0.05) is 25.9 Å². The van der Waals surface area contributed by atoms with Gasteiger partial charge in [0, 0.05) is 6.42 Å².